The third-order valence-electron chi connectivity index (χ3n) is 3.58. The third kappa shape index (κ3) is 2.52. The summed E-state index contributed by atoms with van der Waals surface area (Å²) in [5.74, 6) is 1.18. The van der Waals surface area contributed by atoms with Gasteiger partial charge in [-0.3, -0.25) is 4.79 Å². The maximum Gasteiger partial charge on any atom is 0.257 e. The molecule has 0 radical (unpaired) electrons. The topological polar surface area (TPSA) is 59.5 Å². The fourth-order valence-corrected chi connectivity index (χ4v) is 2.40. The van der Waals surface area contributed by atoms with Crippen molar-refractivity contribution in [2.75, 3.05) is 13.1 Å². The number of furan rings is 1. The molecule has 0 aliphatic carbocycles. The van der Waals surface area contributed by atoms with Crippen LogP contribution in [0.5, 0.6) is 0 Å². The molecular weight excluding hydrogens is 216 g/mol. The molecule has 0 bridgehead atoms. The molecule has 2 heterocycles. The van der Waals surface area contributed by atoms with Crippen molar-refractivity contribution in [1.82, 2.24) is 4.90 Å². The van der Waals surface area contributed by atoms with Gasteiger partial charge in [-0.1, -0.05) is 0 Å². The highest BCUT2D eigenvalue weighted by Gasteiger charge is 2.27. The van der Waals surface area contributed by atoms with Gasteiger partial charge in [-0.15, -0.1) is 0 Å². The smallest absolute Gasteiger partial charge is 0.257 e. The zero-order valence-electron chi connectivity index (χ0n) is 10.5. The van der Waals surface area contributed by atoms with E-state index in [2.05, 4.69) is 0 Å². The molecule has 94 valence electrons. The zero-order chi connectivity index (χ0) is 12.4. The number of hydrogen-bond acceptors (Lipinski definition) is 3. The summed E-state index contributed by atoms with van der Waals surface area (Å²) in [6, 6.07) is 1.89. The van der Waals surface area contributed by atoms with Crippen molar-refractivity contribution in [2.45, 2.75) is 32.7 Å². The van der Waals surface area contributed by atoms with Crippen LogP contribution >= 0.6 is 0 Å². The maximum atomic E-state index is 12.3. The average Bonchev–Trinajstić information content (AvgIpc) is 2.74. The van der Waals surface area contributed by atoms with E-state index in [0.717, 1.165) is 25.9 Å². The summed E-state index contributed by atoms with van der Waals surface area (Å²) in [5.41, 5.74) is 6.60. The number of aryl methyl sites for hydroxylation is 1. The van der Waals surface area contributed by atoms with E-state index in [1.165, 1.54) is 0 Å². The Morgan fingerprint density at radius 1 is 1.65 bits per heavy atom. The van der Waals surface area contributed by atoms with Crippen LogP contribution < -0.4 is 5.73 Å². The van der Waals surface area contributed by atoms with Crippen LogP contribution in [0.2, 0.25) is 0 Å². The van der Waals surface area contributed by atoms with Crippen molar-refractivity contribution >= 4 is 5.91 Å². The molecule has 4 heteroatoms. The molecule has 0 spiro atoms. The monoisotopic (exact) mass is 236 g/mol. The molecule has 1 aliphatic heterocycles. The number of hydrogen-bond donors (Lipinski definition) is 1. The molecule has 2 rings (SSSR count). The maximum absolute atomic E-state index is 12.3. The number of nitrogens with two attached hydrogens (primary N) is 1. The first-order valence-corrected chi connectivity index (χ1v) is 6.18. The van der Waals surface area contributed by atoms with E-state index >= 15 is 0 Å². The molecule has 1 aromatic heterocycles. The largest absolute Gasteiger partial charge is 0.469 e. The number of piperidine rings is 1. The van der Waals surface area contributed by atoms with E-state index in [4.69, 9.17) is 10.2 Å². The van der Waals surface area contributed by atoms with Gasteiger partial charge in [0, 0.05) is 19.1 Å². The van der Waals surface area contributed by atoms with Crippen LogP contribution in [-0.2, 0) is 0 Å². The van der Waals surface area contributed by atoms with E-state index in [0.29, 0.717) is 17.2 Å². The predicted molar refractivity (Wildman–Crippen MR) is 65.7 cm³/mol. The lowest BCUT2D eigenvalue weighted by molar-refractivity contribution is 0.0659. The van der Waals surface area contributed by atoms with Gasteiger partial charge < -0.3 is 15.1 Å². The van der Waals surface area contributed by atoms with Gasteiger partial charge in [0.25, 0.3) is 5.91 Å². The molecule has 1 aliphatic rings. The number of nitrogens with zero attached hydrogens (tertiary/aromatic N) is 1. The lowest BCUT2D eigenvalue weighted by Gasteiger charge is -2.34. The number of carbonyl (C=O) groups excluding carboxylic acids is 1. The summed E-state index contributed by atoms with van der Waals surface area (Å²) < 4.78 is 5.18. The molecule has 1 saturated heterocycles. The van der Waals surface area contributed by atoms with Crippen LogP contribution in [0, 0.1) is 12.8 Å². The van der Waals surface area contributed by atoms with Crippen molar-refractivity contribution in [3.8, 4) is 0 Å². The molecule has 2 unspecified atom stereocenters. The molecule has 1 fully saturated rings. The molecule has 2 N–H and O–H groups in total. The molecular formula is C13H20N2O2. The Bertz CT molecular complexity index is 398. The van der Waals surface area contributed by atoms with Crippen molar-refractivity contribution in [2.24, 2.45) is 11.7 Å². The van der Waals surface area contributed by atoms with E-state index in [9.17, 15) is 4.79 Å². The first kappa shape index (κ1) is 12.2. The predicted octanol–water partition coefficient (Wildman–Crippen LogP) is 1.79. The lowest BCUT2D eigenvalue weighted by atomic mass is 9.92. The Labute approximate surface area is 102 Å². The van der Waals surface area contributed by atoms with Gasteiger partial charge >= 0.3 is 0 Å². The van der Waals surface area contributed by atoms with Crippen LogP contribution in [0.3, 0.4) is 0 Å². The number of amides is 1. The second-order valence-electron chi connectivity index (χ2n) is 4.90. The van der Waals surface area contributed by atoms with Crippen molar-refractivity contribution < 1.29 is 9.21 Å². The van der Waals surface area contributed by atoms with E-state index in [-0.39, 0.29) is 11.9 Å². The second-order valence-corrected chi connectivity index (χ2v) is 4.90. The minimum absolute atomic E-state index is 0.0709. The zero-order valence-corrected chi connectivity index (χ0v) is 10.5. The molecule has 1 amide bonds. The van der Waals surface area contributed by atoms with Crippen LogP contribution in [0.1, 0.15) is 35.9 Å². The Balaban J connectivity index is 2.07. The van der Waals surface area contributed by atoms with Gasteiger partial charge in [-0.05, 0) is 38.7 Å². The van der Waals surface area contributed by atoms with Crippen molar-refractivity contribution in [1.29, 1.82) is 0 Å². The second kappa shape index (κ2) is 4.92. The summed E-state index contributed by atoms with van der Waals surface area (Å²) in [5, 5.41) is 0. The summed E-state index contributed by atoms with van der Waals surface area (Å²) in [6.07, 6.45) is 3.72. The van der Waals surface area contributed by atoms with Crippen molar-refractivity contribution in [3.05, 3.63) is 23.7 Å². The van der Waals surface area contributed by atoms with Gasteiger partial charge in [0.15, 0.2) is 0 Å². The standard InChI is InChI=1S/C13H20N2O2/c1-9(14)11-4-3-6-15(8-11)13(16)12-5-7-17-10(12)2/h5,7,9,11H,3-4,6,8,14H2,1-2H3. The average molecular weight is 236 g/mol. The molecule has 17 heavy (non-hydrogen) atoms. The van der Waals surface area contributed by atoms with Gasteiger partial charge in [0.05, 0.1) is 11.8 Å². The Morgan fingerprint density at radius 2 is 2.41 bits per heavy atom. The van der Waals surface area contributed by atoms with Crippen LogP contribution in [-0.4, -0.2) is 29.9 Å². The summed E-state index contributed by atoms with van der Waals surface area (Å²) in [7, 11) is 0. The first-order valence-electron chi connectivity index (χ1n) is 6.18. The van der Waals surface area contributed by atoms with Gasteiger partial charge in [-0.2, -0.15) is 0 Å². The Kier molecular flexibility index (Phi) is 3.52. The molecule has 2 atom stereocenters. The van der Waals surface area contributed by atoms with E-state index < -0.39 is 0 Å². The van der Waals surface area contributed by atoms with Crippen LogP contribution in [0.15, 0.2) is 16.7 Å². The van der Waals surface area contributed by atoms with Crippen LogP contribution in [0.4, 0.5) is 0 Å². The molecule has 4 nitrogen and oxygen atoms in total. The summed E-state index contributed by atoms with van der Waals surface area (Å²) in [4.78, 5) is 14.2. The van der Waals surface area contributed by atoms with Gasteiger partial charge in [-0.25, -0.2) is 0 Å². The quantitative estimate of drug-likeness (QED) is 0.851. The normalized spacial score (nSPS) is 22.5. The number of likely N-dealkylation sites (tertiary alicyclic amines) is 1. The third-order valence-corrected chi connectivity index (χ3v) is 3.58. The Morgan fingerprint density at radius 3 is 3.00 bits per heavy atom. The Hall–Kier alpha value is -1.29. The van der Waals surface area contributed by atoms with E-state index in [1.807, 2.05) is 18.7 Å². The molecule has 0 aromatic carbocycles. The SMILES string of the molecule is Cc1occc1C(=O)N1CCCC(C(C)N)C1. The molecule has 0 saturated carbocycles. The number of rotatable bonds is 2. The molecule has 1 aromatic rings. The highest BCUT2D eigenvalue weighted by molar-refractivity contribution is 5.95. The van der Waals surface area contributed by atoms with Crippen molar-refractivity contribution in [3.63, 3.8) is 0 Å². The minimum Gasteiger partial charge on any atom is -0.469 e. The highest BCUT2D eigenvalue weighted by atomic mass is 16.3. The summed E-state index contributed by atoms with van der Waals surface area (Å²) >= 11 is 0. The minimum atomic E-state index is 0.0709. The number of carbonyl (C=O) groups is 1. The highest BCUT2D eigenvalue weighted by Crippen LogP contribution is 2.21. The van der Waals surface area contributed by atoms with Crippen LogP contribution in [0.25, 0.3) is 0 Å². The summed E-state index contributed by atoms with van der Waals surface area (Å²) in [6.45, 7) is 5.43. The first-order chi connectivity index (χ1) is 8.09. The fourth-order valence-electron chi connectivity index (χ4n) is 2.40. The lowest BCUT2D eigenvalue weighted by Crippen LogP contribution is -2.45. The van der Waals surface area contributed by atoms with Gasteiger partial charge in [0.1, 0.15) is 5.76 Å². The van der Waals surface area contributed by atoms with Gasteiger partial charge in [0.2, 0.25) is 0 Å². The fraction of sp³-hybridized carbons (Fsp3) is 0.615. The van der Waals surface area contributed by atoms with E-state index in [1.54, 1.807) is 12.3 Å².